The van der Waals surface area contributed by atoms with Crippen LogP contribution in [0.15, 0.2) is 231 Å². The van der Waals surface area contributed by atoms with Crippen LogP contribution in [0.25, 0.3) is 22.8 Å². The van der Waals surface area contributed by atoms with Crippen LogP contribution in [0.5, 0.6) is 0 Å². The van der Waals surface area contributed by atoms with E-state index in [-0.39, 0.29) is 0 Å². The predicted octanol–water partition coefficient (Wildman–Crippen LogP) is 13.6. The zero-order chi connectivity index (χ0) is 38.2. The van der Waals surface area contributed by atoms with Gasteiger partial charge >= 0.3 is 0 Å². The first-order valence-electron chi connectivity index (χ1n) is 19.0. The van der Waals surface area contributed by atoms with Gasteiger partial charge in [-0.15, -0.1) is 0 Å². The van der Waals surface area contributed by atoms with Crippen molar-refractivity contribution in [1.82, 2.24) is 15.0 Å². The van der Waals surface area contributed by atoms with Crippen molar-refractivity contribution in [3.63, 3.8) is 0 Å². The number of aromatic nitrogens is 3. The van der Waals surface area contributed by atoms with E-state index < -0.39 is 0 Å². The van der Waals surface area contributed by atoms with Crippen molar-refractivity contribution in [1.29, 1.82) is 0 Å². The van der Waals surface area contributed by atoms with Gasteiger partial charge in [0.25, 0.3) is 0 Å². The van der Waals surface area contributed by atoms with Crippen LogP contribution < -0.4 is 14.7 Å². The molecule has 0 bridgehead atoms. The maximum Gasteiger partial charge on any atom is 0.238 e. The molecule has 9 aromatic rings. The number of nitrogens with zero attached hydrogens (tertiary/aromatic N) is 6. The monoisotopic (exact) mass is 734 g/mol. The van der Waals surface area contributed by atoms with Crippen molar-refractivity contribution >= 4 is 51.4 Å². The fraction of sp³-hybridized carbons (Fsp3) is 0. The number of rotatable bonds is 11. The Morgan fingerprint density at radius 3 is 0.702 bits per heavy atom. The average molecular weight is 735 g/mol. The summed E-state index contributed by atoms with van der Waals surface area (Å²) in [6, 6.07) is 78.9. The normalized spacial score (nSPS) is 10.8. The van der Waals surface area contributed by atoms with Crippen molar-refractivity contribution in [2.75, 3.05) is 14.7 Å². The maximum absolute atomic E-state index is 5.18. The summed E-state index contributed by atoms with van der Waals surface area (Å²) in [7, 11) is 0. The third-order valence-corrected chi connectivity index (χ3v) is 9.68. The van der Waals surface area contributed by atoms with Crippen molar-refractivity contribution in [2.24, 2.45) is 0 Å². The van der Waals surface area contributed by atoms with Gasteiger partial charge in [-0.3, -0.25) is 4.90 Å². The minimum Gasteiger partial charge on any atom is -0.311 e. The Morgan fingerprint density at radius 1 is 0.211 bits per heavy atom. The zero-order valence-corrected chi connectivity index (χ0v) is 31.1. The molecule has 0 radical (unpaired) electrons. The largest absolute Gasteiger partial charge is 0.311 e. The van der Waals surface area contributed by atoms with E-state index >= 15 is 0 Å². The Bertz CT molecular complexity index is 2380. The van der Waals surface area contributed by atoms with E-state index in [1.165, 1.54) is 0 Å². The van der Waals surface area contributed by atoms with Gasteiger partial charge in [0.1, 0.15) is 0 Å². The van der Waals surface area contributed by atoms with E-state index in [1.807, 2.05) is 60.7 Å². The molecular weight excluding hydrogens is 697 g/mol. The Kier molecular flexibility index (Phi) is 9.96. The van der Waals surface area contributed by atoms with Gasteiger partial charge in [-0.25, -0.2) is 4.98 Å². The second-order valence-electron chi connectivity index (χ2n) is 13.4. The van der Waals surface area contributed by atoms with E-state index in [0.717, 1.165) is 56.6 Å². The molecule has 0 aliphatic rings. The third-order valence-electron chi connectivity index (χ3n) is 9.68. The van der Waals surface area contributed by atoms with Crippen LogP contribution >= 0.6 is 0 Å². The van der Waals surface area contributed by atoms with Crippen LogP contribution in [0.4, 0.5) is 51.4 Å². The molecule has 0 aliphatic heterocycles. The summed E-state index contributed by atoms with van der Waals surface area (Å²) >= 11 is 0. The summed E-state index contributed by atoms with van der Waals surface area (Å²) in [5, 5.41) is 0. The smallest absolute Gasteiger partial charge is 0.238 e. The van der Waals surface area contributed by atoms with Crippen molar-refractivity contribution in [3.05, 3.63) is 231 Å². The number of para-hydroxylation sites is 6. The van der Waals surface area contributed by atoms with Gasteiger partial charge in [0, 0.05) is 56.6 Å². The minimum atomic E-state index is 0.519. The highest BCUT2D eigenvalue weighted by Crippen LogP contribution is 2.38. The molecule has 0 spiro atoms. The van der Waals surface area contributed by atoms with Gasteiger partial charge < -0.3 is 9.80 Å². The van der Waals surface area contributed by atoms with Crippen LogP contribution in [0.2, 0.25) is 0 Å². The highest BCUT2D eigenvalue weighted by Gasteiger charge is 2.21. The Hall–Kier alpha value is -7.83. The molecule has 0 amide bonds. The average Bonchev–Trinajstić information content (AvgIpc) is 3.29. The zero-order valence-electron chi connectivity index (χ0n) is 31.1. The summed E-state index contributed by atoms with van der Waals surface area (Å²) in [4.78, 5) is 22.1. The molecule has 1 heterocycles. The quantitative estimate of drug-likeness (QED) is 0.132. The van der Waals surface area contributed by atoms with Crippen LogP contribution in [0.1, 0.15) is 0 Å². The van der Waals surface area contributed by atoms with Crippen molar-refractivity contribution in [3.8, 4) is 22.8 Å². The topological polar surface area (TPSA) is 48.4 Å². The fourth-order valence-corrected chi connectivity index (χ4v) is 6.98. The summed E-state index contributed by atoms with van der Waals surface area (Å²) in [5.41, 5.74) is 9.99. The molecular formula is C51H38N6. The molecule has 1 aromatic heterocycles. The first-order chi connectivity index (χ1) is 28.3. The highest BCUT2D eigenvalue weighted by atomic mass is 15.3. The van der Waals surface area contributed by atoms with E-state index in [2.05, 4.69) is 185 Å². The van der Waals surface area contributed by atoms with Gasteiger partial charge in [-0.2, -0.15) is 9.97 Å². The van der Waals surface area contributed by atoms with E-state index in [0.29, 0.717) is 17.6 Å². The number of hydrogen-bond donors (Lipinski definition) is 0. The molecule has 0 N–H and O–H groups in total. The first-order valence-corrected chi connectivity index (χ1v) is 19.0. The molecule has 9 rings (SSSR count). The Labute approximate surface area is 333 Å². The van der Waals surface area contributed by atoms with Crippen LogP contribution in [-0.4, -0.2) is 15.0 Å². The van der Waals surface area contributed by atoms with E-state index in [4.69, 9.17) is 15.0 Å². The maximum atomic E-state index is 5.18. The lowest BCUT2D eigenvalue weighted by atomic mass is 10.1. The van der Waals surface area contributed by atoms with Gasteiger partial charge in [-0.05, 0) is 121 Å². The number of hydrogen-bond acceptors (Lipinski definition) is 6. The number of benzene rings is 8. The molecule has 6 heteroatoms. The highest BCUT2D eigenvalue weighted by molar-refractivity contribution is 5.80. The SMILES string of the molecule is c1ccc(N(c2ccccc2)c2ccc(-c3nc(-c4ccc(N(c5ccccc5)c5ccccc5)cc4)nc(N(c4ccccc4)c4ccccc4)n3)cc2)cc1. The molecule has 8 aromatic carbocycles. The van der Waals surface area contributed by atoms with Crippen LogP contribution in [0.3, 0.4) is 0 Å². The Morgan fingerprint density at radius 2 is 0.439 bits per heavy atom. The van der Waals surface area contributed by atoms with Gasteiger partial charge in [0.05, 0.1) is 0 Å². The second kappa shape index (κ2) is 16.3. The van der Waals surface area contributed by atoms with Crippen molar-refractivity contribution < 1.29 is 0 Å². The van der Waals surface area contributed by atoms with Crippen LogP contribution in [-0.2, 0) is 0 Å². The third kappa shape index (κ3) is 7.61. The van der Waals surface area contributed by atoms with Crippen molar-refractivity contribution in [2.45, 2.75) is 0 Å². The molecule has 6 nitrogen and oxygen atoms in total. The van der Waals surface area contributed by atoms with Gasteiger partial charge in [0.15, 0.2) is 11.6 Å². The predicted molar refractivity (Wildman–Crippen MR) is 235 cm³/mol. The molecule has 0 fully saturated rings. The van der Waals surface area contributed by atoms with Crippen LogP contribution in [0, 0.1) is 0 Å². The first kappa shape index (κ1) is 34.9. The van der Waals surface area contributed by atoms with Gasteiger partial charge in [0.2, 0.25) is 5.95 Å². The minimum absolute atomic E-state index is 0.519. The van der Waals surface area contributed by atoms with E-state index in [9.17, 15) is 0 Å². The summed E-state index contributed by atoms with van der Waals surface area (Å²) in [6.07, 6.45) is 0. The number of anilines is 9. The summed E-state index contributed by atoms with van der Waals surface area (Å²) in [5.74, 6) is 1.67. The molecule has 0 aliphatic carbocycles. The van der Waals surface area contributed by atoms with E-state index in [1.54, 1.807) is 0 Å². The summed E-state index contributed by atoms with van der Waals surface area (Å²) in [6.45, 7) is 0. The standard InChI is InChI=1S/C51H38N6/c1-7-19-41(20-8-1)55(42-21-9-2-10-22-42)47-35-31-39(32-36-47)49-52-50(54-51(53-49)57(45-27-15-5-16-28-45)46-29-17-6-18-30-46)40-33-37-48(38-34-40)56(43-23-11-3-12-24-43)44-25-13-4-14-26-44/h1-38H. The molecule has 0 saturated heterocycles. The second-order valence-corrected chi connectivity index (χ2v) is 13.4. The molecule has 57 heavy (non-hydrogen) atoms. The molecule has 0 unspecified atom stereocenters. The Balaban J connectivity index is 1.16. The lowest BCUT2D eigenvalue weighted by molar-refractivity contribution is 1.02. The summed E-state index contributed by atoms with van der Waals surface area (Å²) < 4.78 is 0. The fourth-order valence-electron chi connectivity index (χ4n) is 6.98. The molecule has 0 saturated carbocycles. The lowest BCUT2D eigenvalue weighted by Gasteiger charge is -2.26. The molecule has 272 valence electrons. The van der Waals surface area contributed by atoms with Gasteiger partial charge in [-0.1, -0.05) is 109 Å². The molecule has 0 atom stereocenters. The lowest BCUT2D eigenvalue weighted by Crippen LogP contribution is -2.15.